The van der Waals surface area contributed by atoms with E-state index in [0.717, 1.165) is 22.0 Å². The van der Waals surface area contributed by atoms with Gasteiger partial charge in [-0.25, -0.2) is 0 Å². The van der Waals surface area contributed by atoms with Crippen LogP contribution in [-0.4, -0.2) is 15.5 Å². The Hall–Kier alpha value is 0.107. The van der Waals surface area contributed by atoms with Crippen LogP contribution in [0, 0.1) is 0 Å². The molecule has 10 heavy (non-hydrogen) atoms. The third-order valence-corrected chi connectivity index (χ3v) is 2.62. The van der Waals surface area contributed by atoms with Crippen LogP contribution in [0.2, 0.25) is 0 Å². The van der Waals surface area contributed by atoms with Crippen molar-refractivity contribution < 1.29 is 4.43 Å². The molecule has 0 radical (unpaired) electrons. The summed E-state index contributed by atoms with van der Waals surface area (Å²) < 4.78 is 5.00. The largest absolute Gasteiger partial charge is 0.549 e. The van der Waals surface area contributed by atoms with E-state index in [9.17, 15) is 0 Å². The van der Waals surface area contributed by atoms with E-state index in [4.69, 9.17) is 16.6 Å². The van der Waals surface area contributed by atoms with Crippen LogP contribution in [-0.2, 0) is 4.43 Å². The summed E-state index contributed by atoms with van der Waals surface area (Å²) in [6, 6.07) is 0. The minimum absolute atomic E-state index is 0.751. The molecular formula is C7H16OSSi. The van der Waals surface area contributed by atoms with Gasteiger partial charge in [0, 0.05) is 6.42 Å². The van der Waals surface area contributed by atoms with Gasteiger partial charge in [0.15, 0.2) is 0 Å². The van der Waals surface area contributed by atoms with E-state index in [-0.39, 0.29) is 0 Å². The Kier molecular flexibility index (Phi) is 7.29. The topological polar surface area (TPSA) is 9.23 Å². The zero-order chi connectivity index (χ0) is 7.82. The van der Waals surface area contributed by atoms with Crippen LogP contribution in [0.25, 0.3) is 0 Å². The van der Waals surface area contributed by atoms with E-state index in [0.29, 0.717) is 0 Å². The number of rotatable bonds is 5. The van der Waals surface area contributed by atoms with E-state index in [2.05, 4.69) is 6.92 Å². The molecular weight excluding hydrogens is 160 g/mol. The highest BCUT2D eigenvalue weighted by Gasteiger charge is 1.92. The van der Waals surface area contributed by atoms with Gasteiger partial charge in [0.05, 0.1) is 0 Å². The second-order valence-electron chi connectivity index (χ2n) is 2.39. The van der Waals surface area contributed by atoms with Crippen LogP contribution < -0.4 is 0 Å². The number of thiocarbonyl (C=S) groups is 1. The van der Waals surface area contributed by atoms with E-state index in [1.165, 1.54) is 25.7 Å². The summed E-state index contributed by atoms with van der Waals surface area (Å²) in [5.74, 6) is 0. The maximum Gasteiger partial charge on any atom is 0.204 e. The number of unbranched alkanes of at least 4 members (excludes halogenated alkanes) is 3. The predicted molar refractivity (Wildman–Crippen MR) is 52.4 cm³/mol. The molecule has 0 aromatic heterocycles. The van der Waals surface area contributed by atoms with Crippen LogP contribution >= 0.6 is 12.2 Å². The van der Waals surface area contributed by atoms with Gasteiger partial charge in [-0.05, 0) is 18.6 Å². The Balaban J connectivity index is 2.96. The molecule has 0 aromatic carbocycles. The van der Waals surface area contributed by atoms with Crippen molar-refractivity contribution in [2.24, 2.45) is 0 Å². The Morgan fingerprint density at radius 3 is 2.60 bits per heavy atom. The van der Waals surface area contributed by atoms with Crippen molar-refractivity contribution in [3.8, 4) is 0 Å². The van der Waals surface area contributed by atoms with Gasteiger partial charge in [-0.15, -0.1) is 0 Å². The van der Waals surface area contributed by atoms with Gasteiger partial charge in [-0.2, -0.15) is 0 Å². The van der Waals surface area contributed by atoms with Crippen molar-refractivity contribution in [3.63, 3.8) is 0 Å². The molecule has 0 unspecified atom stereocenters. The van der Waals surface area contributed by atoms with E-state index in [1.807, 2.05) is 0 Å². The fourth-order valence-corrected chi connectivity index (χ4v) is 1.15. The minimum atomic E-state index is 0.751. The van der Waals surface area contributed by atoms with Gasteiger partial charge < -0.3 is 4.43 Å². The lowest BCUT2D eigenvalue weighted by Crippen LogP contribution is -1.97. The van der Waals surface area contributed by atoms with Gasteiger partial charge in [0.25, 0.3) is 0 Å². The van der Waals surface area contributed by atoms with Gasteiger partial charge in [0.1, 0.15) is 5.05 Å². The second kappa shape index (κ2) is 7.22. The first-order chi connectivity index (χ1) is 4.81. The van der Waals surface area contributed by atoms with Gasteiger partial charge in [-0.1, -0.05) is 26.2 Å². The molecule has 1 nitrogen and oxygen atoms in total. The summed E-state index contributed by atoms with van der Waals surface area (Å²) >= 11 is 4.92. The fraction of sp³-hybridized carbons (Fsp3) is 0.857. The molecule has 0 saturated heterocycles. The van der Waals surface area contributed by atoms with Crippen LogP contribution in [0.3, 0.4) is 0 Å². The Morgan fingerprint density at radius 1 is 1.40 bits per heavy atom. The van der Waals surface area contributed by atoms with Gasteiger partial charge in [-0.3, -0.25) is 0 Å². The minimum Gasteiger partial charge on any atom is -0.549 e. The highest BCUT2D eigenvalue weighted by atomic mass is 32.1. The van der Waals surface area contributed by atoms with E-state index < -0.39 is 0 Å². The summed E-state index contributed by atoms with van der Waals surface area (Å²) in [5, 5.41) is 0.808. The molecule has 0 amide bonds. The summed E-state index contributed by atoms with van der Waals surface area (Å²) in [6.07, 6.45) is 6.09. The van der Waals surface area contributed by atoms with Crippen LogP contribution in [0.15, 0.2) is 0 Å². The van der Waals surface area contributed by atoms with E-state index >= 15 is 0 Å². The molecule has 0 aliphatic heterocycles. The molecule has 0 N–H and O–H groups in total. The van der Waals surface area contributed by atoms with Crippen molar-refractivity contribution >= 4 is 27.8 Å². The second-order valence-corrected chi connectivity index (χ2v) is 3.25. The van der Waals surface area contributed by atoms with Crippen LogP contribution in [0.1, 0.15) is 39.0 Å². The Morgan fingerprint density at radius 2 is 2.10 bits per heavy atom. The highest BCUT2D eigenvalue weighted by Crippen LogP contribution is 2.03. The first-order valence-electron chi connectivity index (χ1n) is 3.88. The molecule has 0 fully saturated rings. The fourth-order valence-electron chi connectivity index (χ4n) is 0.798. The van der Waals surface area contributed by atoms with E-state index in [1.54, 1.807) is 0 Å². The molecule has 0 heterocycles. The quantitative estimate of drug-likeness (QED) is 0.357. The summed E-state index contributed by atoms with van der Waals surface area (Å²) in [6.45, 7) is 2.21. The Bertz CT molecular complexity index is 95.6. The molecule has 0 atom stereocenters. The maximum absolute atomic E-state index is 5.00. The third kappa shape index (κ3) is 6.23. The van der Waals surface area contributed by atoms with Crippen LogP contribution in [0.5, 0.6) is 0 Å². The monoisotopic (exact) mass is 176 g/mol. The molecule has 0 saturated carbocycles. The van der Waals surface area contributed by atoms with Crippen LogP contribution in [0.4, 0.5) is 0 Å². The zero-order valence-electron chi connectivity index (χ0n) is 6.85. The summed E-state index contributed by atoms with van der Waals surface area (Å²) in [5.41, 5.74) is 0. The lowest BCUT2D eigenvalue weighted by molar-refractivity contribution is 0.585. The zero-order valence-corrected chi connectivity index (χ0v) is 9.67. The average Bonchev–Trinajstić information content (AvgIpc) is 1.98. The van der Waals surface area contributed by atoms with Crippen molar-refractivity contribution in [2.75, 3.05) is 0 Å². The average molecular weight is 176 g/mol. The Labute approximate surface area is 71.7 Å². The highest BCUT2D eigenvalue weighted by molar-refractivity contribution is 7.80. The predicted octanol–water partition coefficient (Wildman–Crippen LogP) is 1.58. The lowest BCUT2D eigenvalue weighted by Gasteiger charge is -2.01. The maximum atomic E-state index is 5.00. The summed E-state index contributed by atoms with van der Waals surface area (Å²) in [4.78, 5) is 0. The SMILES string of the molecule is CCCCCCC(=S)O[SiH3]. The number of hydrogen-bond acceptors (Lipinski definition) is 2. The van der Waals surface area contributed by atoms with Crippen molar-refractivity contribution in [3.05, 3.63) is 0 Å². The molecule has 0 aliphatic carbocycles. The van der Waals surface area contributed by atoms with Gasteiger partial charge in [0.2, 0.25) is 10.5 Å². The lowest BCUT2D eigenvalue weighted by atomic mass is 10.2. The van der Waals surface area contributed by atoms with Crippen molar-refractivity contribution in [1.82, 2.24) is 0 Å². The first kappa shape index (κ1) is 10.1. The molecule has 0 spiro atoms. The molecule has 3 heteroatoms. The van der Waals surface area contributed by atoms with Crippen molar-refractivity contribution in [2.45, 2.75) is 39.0 Å². The molecule has 0 aliphatic rings. The van der Waals surface area contributed by atoms with Gasteiger partial charge >= 0.3 is 0 Å². The molecule has 0 bridgehead atoms. The first-order valence-corrected chi connectivity index (χ1v) is 5.10. The molecule has 0 aromatic rings. The smallest absolute Gasteiger partial charge is 0.204 e. The molecule has 0 rings (SSSR count). The molecule has 60 valence electrons. The summed E-state index contributed by atoms with van der Waals surface area (Å²) in [7, 11) is 0.751. The number of hydrogen-bond donors (Lipinski definition) is 0. The van der Waals surface area contributed by atoms with Crippen molar-refractivity contribution in [1.29, 1.82) is 0 Å². The third-order valence-electron chi connectivity index (χ3n) is 1.46. The standard InChI is InChI=1S/C7H16OSSi/c1-2-3-4-5-6-7(9)8-10/h2-6H2,1,10H3. The normalized spacial score (nSPS) is 9.70.